The molecule has 1 aromatic heterocycles. The Morgan fingerprint density at radius 1 is 1.11 bits per heavy atom. The molecule has 1 fully saturated rings. The van der Waals surface area contributed by atoms with Gasteiger partial charge in [0, 0.05) is 24.6 Å². The number of phosphoric acid groups is 1. The van der Waals surface area contributed by atoms with Crippen LogP contribution in [0.1, 0.15) is 47.3 Å². The van der Waals surface area contributed by atoms with Gasteiger partial charge in [0.1, 0.15) is 12.8 Å². The third-order valence-electron chi connectivity index (χ3n) is 4.45. The molecule has 1 aliphatic heterocycles. The Hall–Kier alpha value is -2.78. The summed E-state index contributed by atoms with van der Waals surface area (Å²) in [5, 5.41) is 0. The van der Waals surface area contributed by atoms with Crippen molar-refractivity contribution in [2.75, 3.05) is 20.2 Å². The van der Waals surface area contributed by atoms with E-state index in [2.05, 4.69) is 9.47 Å². The summed E-state index contributed by atoms with van der Waals surface area (Å²) in [5.41, 5.74) is -1.46. The highest BCUT2D eigenvalue weighted by Crippen LogP contribution is 2.52. The zero-order valence-corrected chi connectivity index (χ0v) is 21.8. The number of hydrogen-bond donors (Lipinski definition) is 1. The molecular weight excluding hydrogens is 526 g/mol. The van der Waals surface area contributed by atoms with Gasteiger partial charge in [-0.05, 0) is 27.7 Å². The fraction of sp³-hybridized carbons (Fsp3) is 0.700. The van der Waals surface area contributed by atoms with Crippen LogP contribution in [0, 0.1) is 5.92 Å². The molecule has 1 aliphatic rings. The van der Waals surface area contributed by atoms with Crippen molar-refractivity contribution in [2.24, 2.45) is 5.92 Å². The van der Waals surface area contributed by atoms with Crippen LogP contribution >= 0.6 is 7.82 Å². The van der Waals surface area contributed by atoms with Gasteiger partial charge < -0.3 is 23.7 Å². The molecule has 0 amide bonds. The highest BCUT2D eigenvalue weighted by atomic mass is 31.2. The van der Waals surface area contributed by atoms with Crippen LogP contribution in [0.2, 0.25) is 0 Å². The largest absolute Gasteiger partial charge is 0.510 e. The second-order valence-electron chi connectivity index (χ2n) is 8.43. The third kappa shape index (κ3) is 9.89. The van der Waals surface area contributed by atoms with Gasteiger partial charge >= 0.3 is 25.8 Å². The van der Waals surface area contributed by atoms with E-state index in [0.29, 0.717) is 0 Å². The van der Waals surface area contributed by atoms with Crippen LogP contribution in [-0.2, 0) is 41.8 Å². The molecule has 210 valence electrons. The normalized spacial score (nSPS) is 21.7. The molecule has 1 N–H and O–H groups in total. The van der Waals surface area contributed by atoms with Gasteiger partial charge in [0.05, 0.1) is 12.2 Å². The Morgan fingerprint density at radius 2 is 1.65 bits per heavy atom. The molecule has 1 saturated heterocycles. The number of nitrogens with zero attached hydrogens (tertiary/aromatic N) is 1. The molecule has 2 heterocycles. The molecule has 0 bridgehead atoms. The molecule has 2 rings (SSSR count). The number of carbonyl (C=O) groups is 2. The van der Waals surface area contributed by atoms with E-state index in [0.717, 1.165) is 16.8 Å². The number of ether oxygens (including phenoxy) is 5. The molecule has 0 radical (unpaired) electrons. The minimum atomic E-state index is -4.72. The second-order valence-corrected chi connectivity index (χ2v) is 10.1. The van der Waals surface area contributed by atoms with E-state index < -0.39 is 81.8 Å². The van der Waals surface area contributed by atoms with Crippen molar-refractivity contribution >= 4 is 20.1 Å². The van der Waals surface area contributed by atoms with Crippen molar-refractivity contribution in [3.63, 3.8) is 0 Å². The lowest BCUT2D eigenvalue weighted by molar-refractivity contribution is -0.179. The first-order valence-electron chi connectivity index (χ1n) is 11.1. The van der Waals surface area contributed by atoms with Crippen LogP contribution < -0.4 is 11.2 Å². The minimum absolute atomic E-state index is 0.308. The lowest BCUT2D eigenvalue weighted by Gasteiger charge is -2.24. The standard InChI is InChI=1S/C20H30FN2O13P/c1-12(2)34-18(26)29-10-32-37(28,33-11-30-19(27)35-13(3)4)31-9-20(21)8-14(5)16(36-20)23-7-6-15(24)22-17(23)25/h6-7,12-14,16H,8-11H2,1-5H3,(H,22,24,25)/t14-,16+,20-/m0/s1. The monoisotopic (exact) mass is 556 g/mol. The highest BCUT2D eigenvalue weighted by molar-refractivity contribution is 7.48. The van der Waals surface area contributed by atoms with Crippen molar-refractivity contribution in [1.29, 1.82) is 0 Å². The number of halogens is 1. The lowest BCUT2D eigenvalue weighted by Crippen LogP contribution is -2.34. The Bertz CT molecular complexity index is 1060. The minimum Gasteiger partial charge on any atom is -0.432 e. The summed E-state index contributed by atoms with van der Waals surface area (Å²) >= 11 is 0. The van der Waals surface area contributed by atoms with E-state index in [1.807, 2.05) is 4.98 Å². The second kappa shape index (κ2) is 13.1. The SMILES string of the molecule is CC(C)OC(=O)OCOP(=O)(OCOC(=O)OC(C)C)OC[C@]1(F)C[C@H](C)[C@H](n2ccc(=O)[nH]c2=O)O1. The van der Waals surface area contributed by atoms with E-state index in [1.165, 1.54) is 0 Å². The molecule has 0 saturated carbocycles. The summed E-state index contributed by atoms with van der Waals surface area (Å²) in [6.07, 6.45) is -3.61. The average molecular weight is 556 g/mol. The van der Waals surface area contributed by atoms with Crippen LogP contribution in [-0.4, -0.2) is 60.1 Å². The lowest BCUT2D eigenvalue weighted by atomic mass is 10.1. The van der Waals surface area contributed by atoms with Crippen molar-refractivity contribution in [3.05, 3.63) is 33.1 Å². The topological polar surface area (TPSA) is 180 Å². The van der Waals surface area contributed by atoms with Gasteiger partial charge in [-0.25, -0.2) is 32.4 Å². The van der Waals surface area contributed by atoms with Crippen LogP contribution in [0.25, 0.3) is 0 Å². The molecule has 1 aromatic rings. The Balaban J connectivity index is 2.05. The zero-order chi connectivity index (χ0) is 27.8. The van der Waals surface area contributed by atoms with Gasteiger partial charge in [0.15, 0.2) is 0 Å². The first-order valence-corrected chi connectivity index (χ1v) is 12.6. The van der Waals surface area contributed by atoms with E-state index >= 15 is 4.39 Å². The van der Waals surface area contributed by atoms with Crippen LogP contribution in [0.15, 0.2) is 21.9 Å². The number of hydrogen-bond acceptors (Lipinski definition) is 13. The van der Waals surface area contributed by atoms with Gasteiger partial charge in [-0.3, -0.25) is 18.9 Å². The van der Waals surface area contributed by atoms with E-state index in [9.17, 15) is 23.7 Å². The maximum absolute atomic E-state index is 15.5. The Labute approximate surface area is 210 Å². The number of phosphoric ester groups is 1. The summed E-state index contributed by atoms with van der Waals surface area (Å²) in [4.78, 5) is 48.4. The summed E-state index contributed by atoms with van der Waals surface area (Å²) in [6.45, 7) is 4.84. The molecule has 15 nitrogen and oxygen atoms in total. The van der Waals surface area contributed by atoms with Crippen molar-refractivity contribution in [2.45, 2.75) is 65.3 Å². The van der Waals surface area contributed by atoms with Gasteiger partial charge in [0.25, 0.3) is 5.56 Å². The number of rotatable bonds is 12. The number of aromatic nitrogens is 2. The summed E-state index contributed by atoms with van der Waals surface area (Å²) in [5.74, 6) is -3.15. The van der Waals surface area contributed by atoms with E-state index in [-0.39, 0.29) is 6.42 Å². The van der Waals surface area contributed by atoms with Crippen LogP contribution in [0.3, 0.4) is 0 Å². The molecule has 0 unspecified atom stereocenters. The number of carbonyl (C=O) groups excluding carboxylic acids is 2. The van der Waals surface area contributed by atoms with E-state index in [1.54, 1.807) is 34.6 Å². The number of nitrogens with one attached hydrogen (secondary N) is 1. The predicted octanol–water partition coefficient (Wildman–Crippen LogP) is 2.95. The maximum Gasteiger partial charge on any atom is 0.510 e. The zero-order valence-electron chi connectivity index (χ0n) is 20.9. The summed E-state index contributed by atoms with van der Waals surface area (Å²) < 4.78 is 68.2. The van der Waals surface area contributed by atoms with Crippen molar-refractivity contribution in [3.8, 4) is 0 Å². The third-order valence-corrected chi connectivity index (χ3v) is 5.74. The first-order chi connectivity index (χ1) is 17.2. The fourth-order valence-electron chi connectivity index (χ4n) is 3.03. The van der Waals surface area contributed by atoms with Crippen LogP contribution in [0.4, 0.5) is 14.0 Å². The first kappa shape index (κ1) is 30.4. The Morgan fingerprint density at radius 3 is 2.14 bits per heavy atom. The van der Waals surface area contributed by atoms with Crippen molar-refractivity contribution in [1.82, 2.24) is 9.55 Å². The summed E-state index contributed by atoms with van der Waals surface area (Å²) in [7, 11) is -4.72. The number of aromatic amines is 1. The highest BCUT2D eigenvalue weighted by Gasteiger charge is 2.48. The molecule has 0 aliphatic carbocycles. The van der Waals surface area contributed by atoms with Gasteiger partial charge in [-0.1, -0.05) is 6.92 Å². The molecule has 37 heavy (non-hydrogen) atoms. The Kier molecular flexibility index (Phi) is 10.8. The van der Waals surface area contributed by atoms with Crippen LogP contribution in [0.5, 0.6) is 0 Å². The van der Waals surface area contributed by atoms with Gasteiger partial charge in [0.2, 0.25) is 19.4 Å². The molecule has 3 atom stereocenters. The summed E-state index contributed by atoms with van der Waals surface area (Å²) in [6, 6.07) is 1.07. The molecule has 17 heteroatoms. The fourth-order valence-corrected chi connectivity index (χ4v) is 3.97. The smallest absolute Gasteiger partial charge is 0.432 e. The van der Waals surface area contributed by atoms with Gasteiger partial charge in [-0.2, -0.15) is 0 Å². The molecule has 0 spiro atoms. The predicted molar refractivity (Wildman–Crippen MR) is 120 cm³/mol. The van der Waals surface area contributed by atoms with Crippen molar-refractivity contribution < 1.29 is 55.8 Å². The molecule has 0 aromatic carbocycles. The van der Waals surface area contributed by atoms with E-state index in [4.69, 9.17) is 27.8 Å². The van der Waals surface area contributed by atoms with Gasteiger partial charge in [-0.15, -0.1) is 0 Å². The number of H-pyrrole nitrogens is 1. The average Bonchev–Trinajstić information content (AvgIpc) is 3.06. The molecular formula is C20H30FN2O13P. The number of alkyl halides is 1. The quantitative estimate of drug-likeness (QED) is 0.226. The maximum atomic E-state index is 15.5.